The summed E-state index contributed by atoms with van der Waals surface area (Å²) in [7, 11) is 1.64. The molecule has 0 saturated heterocycles. The molecule has 0 aliphatic rings. The molecule has 0 unspecified atom stereocenters. The van der Waals surface area contributed by atoms with Crippen molar-refractivity contribution in [2.75, 3.05) is 7.11 Å². The van der Waals surface area contributed by atoms with Crippen LogP contribution in [-0.4, -0.2) is 17.1 Å². The van der Waals surface area contributed by atoms with Gasteiger partial charge in [-0.2, -0.15) is 0 Å². The maximum atomic E-state index is 6.16. The van der Waals surface area contributed by atoms with Crippen molar-refractivity contribution < 1.29 is 4.74 Å². The van der Waals surface area contributed by atoms with Gasteiger partial charge in [0.1, 0.15) is 0 Å². The van der Waals surface area contributed by atoms with Crippen LogP contribution in [-0.2, 0) is 6.42 Å². The van der Waals surface area contributed by atoms with Crippen molar-refractivity contribution in [1.29, 1.82) is 0 Å². The third-order valence-electron chi connectivity index (χ3n) is 4.05. The Morgan fingerprint density at radius 3 is 2.59 bits per heavy atom. The van der Waals surface area contributed by atoms with Crippen LogP contribution in [0.4, 0.5) is 0 Å². The SMILES string of the molecule is CCc1nc2c([C@@H](C)N)cc(C)cc2c2cc(OC)ncc12. The number of pyridine rings is 2. The first-order valence-corrected chi connectivity index (χ1v) is 7.57. The van der Waals surface area contributed by atoms with Crippen LogP contribution in [0.5, 0.6) is 5.88 Å². The Labute approximate surface area is 130 Å². The molecule has 1 aromatic carbocycles. The zero-order chi connectivity index (χ0) is 15.9. The van der Waals surface area contributed by atoms with E-state index in [0.717, 1.165) is 39.4 Å². The van der Waals surface area contributed by atoms with Gasteiger partial charge < -0.3 is 10.5 Å². The van der Waals surface area contributed by atoms with Crippen molar-refractivity contribution in [3.8, 4) is 5.88 Å². The highest BCUT2D eigenvalue weighted by Gasteiger charge is 2.14. The molecule has 2 N–H and O–H groups in total. The Morgan fingerprint density at radius 2 is 1.95 bits per heavy atom. The number of ether oxygens (including phenoxy) is 1. The van der Waals surface area contributed by atoms with Gasteiger partial charge in [0.2, 0.25) is 5.88 Å². The molecule has 4 heteroatoms. The molecule has 22 heavy (non-hydrogen) atoms. The highest BCUT2D eigenvalue weighted by atomic mass is 16.5. The summed E-state index contributed by atoms with van der Waals surface area (Å²) in [6.45, 7) is 6.19. The number of hydrogen-bond acceptors (Lipinski definition) is 4. The molecule has 0 radical (unpaired) electrons. The third-order valence-corrected chi connectivity index (χ3v) is 4.05. The molecular formula is C18H21N3O. The summed E-state index contributed by atoms with van der Waals surface area (Å²) in [6, 6.07) is 6.22. The summed E-state index contributed by atoms with van der Waals surface area (Å²) >= 11 is 0. The average Bonchev–Trinajstić information content (AvgIpc) is 2.52. The number of methoxy groups -OCH3 is 1. The lowest BCUT2D eigenvalue weighted by Gasteiger charge is -2.15. The monoisotopic (exact) mass is 295 g/mol. The molecule has 3 aromatic rings. The van der Waals surface area contributed by atoms with E-state index in [1.807, 2.05) is 19.2 Å². The van der Waals surface area contributed by atoms with E-state index in [1.165, 1.54) is 5.56 Å². The third kappa shape index (κ3) is 2.29. The average molecular weight is 295 g/mol. The van der Waals surface area contributed by atoms with E-state index < -0.39 is 0 Å². The molecule has 0 amide bonds. The van der Waals surface area contributed by atoms with Gasteiger partial charge in [0, 0.05) is 29.1 Å². The minimum atomic E-state index is -0.0548. The molecule has 0 spiro atoms. The number of benzene rings is 1. The minimum absolute atomic E-state index is 0.0548. The molecule has 0 aliphatic heterocycles. The van der Waals surface area contributed by atoms with E-state index in [1.54, 1.807) is 7.11 Å². The van der Waals surface area contributed by atoms with Crippen molar-refractivity contribution in [3.63, 3.8) is 0 Å². The maximum absolute atomic E-state index is 6.16. The number of hydrogen-bond donors (Lipinski definition) is 1. The van der Waals surface area contributed by atoms with Crippen LogP contribution in [0.1, 0.15) is 36.7 Å². The van der Waals surface area contributed by atoms with Gasteiger partial charge in [0.15, 0.2) is 0 Å². The Kier molecular flexibility index (Phi) is 3.71. The van der Waals surface area contributed by atoms with Crippen LogP contribution in [0.2, 0.25) is 0 Å². The van der Waals surface area contributed by atoms with E-state index in [-0.39, 0.29) is 6.04 Å². The normalized spacial score (nSPS) is 12.8. The van der Waals surface area contributed by atoms with Gasteiger partial charge in [0.05, 0.1) is 18.3 Å². The predicted molar refractivity (Wildman–Crippen MR) is 90.3 cm³/mol. The lowest BCUT2D eigenvalue weighted by molar-refractivity contribution is 0.399. The minimum Gasteiger partial charge on any atom is -0.481 e. The molecule has 0 bridgehead atoms. The molecule has 2 aromatic heterocycles. The van der Waals surface area contributed by atoms with Crippen LogP contribution in [0, 0.1) is 6.92 Å². The van der Waals surface area contributed by atoms with Crippen molar-refractivity contribution >= 4 is 21.7 Å². The Hall–Kier alpha value is -2.20. The van der Waals surface area contributed by atoms with Gasteiger partial charge in [-0.15, -0.1) is 0 Å². The van der Waals surface area contributed by atoms with Gasteiger partial charge in [-0.1, -0.05) is 18.6 Å². The van der Waals surface area contributed by atoms with Crippen molar-refractivity contribution in [2.45, 2.75) is 33.2 Å². The van der Waals surface area contributed by atoms with Gasteiger partial charge in [0.25, 0.3) is 0 Å². The molecule has 2 heterocycles. The fourth-order valence-corrected chi connectivity index (χ4v) is 2.95. The highest BCUT2D eigenvalue weighted by Crippen LogP contribution is 2.32. The molecule has 4 nitrogen and oxygen atoms in total. The van der Waals surface area contributed by atoms with Gasteiger partial charge in [-0.3, -0.25) is 4.98 Å². The van der Waals surface area contributed by atoms with Crippen LogP contribution in [0.3, 0.4) is 0 Å². The second kappa shape index (κ2) is 5.54. The molecule has 1 atom stereocenters. The molecule has 3 rings (SSSR count). The second-order valence-corrected chi connectivity index (χ2v) is 5.72. The molecule has 0 aliphatic carbocycles. The first-order chi connectivity index (χ1) is 10.5. The number of nitrogens with two attached hydrogens (primary N) is 1. The summed E-state index contributed by atoms with van der Waals surface area (Å²) in [5, 5.41) is 3.32. The van der Waals surface area contributed by atoms with E-state index in [9.17, 15) is 0 Å². The van der Waals surface area contributed by atoms with E-state index in [0.29, 0.717) is 5.88 Å². The number of rotatable bonds is 3. The maximum Gasteiger partial charge on any atom is 0.213 e. The summed E-state index contributed by atoms with van der Waals surface area (Å²) < 4.78 is 5.30. The van der Waals surface area contributed by atoms with Crippen molar-refractivity contribution in [3.05, 3.63) is 41.2 Å². The van der Waals surface area contributed by atoms with Gasteiger partial charge in [-0.05, 0) is 37.3 Å². The predicted octanol–water partition coefficient (Wildman–Crippen LogP) is 3.68. The number of nitrogens with zero attached hydrogens (tertiary/aromatic N) is 2. The number of fused-ring (bicyclic) bond motifs is 3. The molecule has 0 saturated carbocycles. The standard InChI is InChI=1S/C18H21N3O/c1-5-16-15-9-20-17(22-4)8-13(15)14-7-10(2)6-12(11(3)19)18(14)21-16/h6-9,11H,5,19H2,1-4H3/t11-/m1/s1. The Morgan fingerprint density at radius 1 is 1.18 bits per heavy atom. The van der Waals surface area contributed by atoms with Gasteiger partial charge >= 0.3 is 0 Å². The van der Waals surface area contributed by atoms with Crippen LogP contribution in [0.15, 0.2) is 24.4 Å². The summed E-state index contributed by atoms with van der Waals surface area (Å²) in [5.41, 5.74) is 10.5. The quantitative estimate of drug-likeness (QED) is 0.749. The lowest BCUT2D eigenvalue weighted by Crippen LogP contribution is -2.08. The van der Waals surface area contributed by atoms with E-state index >= 15 is 0 Å². The first kappa shape index (κ1) is 14.7. The van der Waals surface area contributed by atoms with E-state index in [2.05, 4.69) is 31.0 Å². The second-order valence-electron chi connectivity index (χ2n) is 5.72. The smallest absolute Gasteiger partial charge is 0.213 e. The topological polar surface area (TPSA) is 61.0 Å². The lowest BCUT2D eigenvalue weighted by atomic mass is 9.97. The Balaban J connectivity index is 2.52. The number of aryl methyl sites for hydroxylation is 2. The van der Waals surface area contributed by atoms with Crippen molar-refractivity contribution in [2.24, 2.45) is 5.73 Å². The fourth-order valence-electron chi connectivity index (χ4n) is 2.95. The Bertz CT molecular complexity index is 856. The number of aromatic nitrogens is 2. The largest absolute Gasteiger partial charge is 0.481 e. The van der Waals surface area contributed by atoms with Crippen molar-refractivity contribution in [1.82, 2.24) is 9.97 Å². The zero-order valence-corrected chi connectivity index (χ0v) is 13.5. The fraction of sp³-hybridized carbons (Fsp3) is 0.333. The zero-order valence-electron chi connectivity index (χ0n) is 13.5. The van der Waals surface area contributed by atoms with Gasteiger partial charge in [-0.25, -0.2) is 4.98 Å². The summed E-state index contributed by atoms with van der Waals surface area (Å²) in [5.74, 6) is 0.617. The van der Waals surface area contributed by atoms with Crippen LogP contribution >= 0.6 is 0 Å². The van der Waals surface area contributed by atoms with Crippen LogP contribution < -0.4 is 10.5 Å². The molecular weight excluding hydrogens is 274 g/mol. The van der Waals surface area contributed by atoms with E-state index in [4.69, 9.17) is 15.5 Å². The molecule has 114 valence electrons. The summed E-state index contributed by atoms with van der Waals surface area (Å²) in [6.07, 6.45) is 2.71. The first-order valence-electron chi connectivity index (χ1n) is 7.57. The summed E-state index contributed by atoms with van der Waals surface area (Å²) in [4.78, 5) is 9.21. The van der Waals surface area contributed by atoms with Crippen LogP contribution in [0.25, 0.3) is 21.7 Å². The molecule has 0 fully saturated rings. The highest BCUT2D eigenvalue weighted by molar-refractivity contribution is 6.08.